The number of benzene rings is 2. The maximum Gasteiger partial charge on any atom is 0.157 e. The highest BCUT2D eigenvalue weighted by molar-refractivity contribution is 6.15. The van der Waals surface area contributed by atoms with Gasteiger partial charge in [0.15, 0.2) is 5.78 Å². The fraction of sp³-hybridized carbons (Fsp3) is 0.158. The number of fused-ring (bicyclic) bond motifs is 2. The number of rotatable bonds is 2. The number of methoxy groups -OCH3 is 1. The van der Waals surface area contributed by atoms with Crippen LogP contribution in [0, 0.1) is 0 Å². The molecule has 108 valence electrons. The van der Waals surface area contributed by atoms with Crippen LogP contribution in [0.1, 0.15) is 17.5 Å². The highest BCUT2D eigenvalue weighted by atomic mass is 16.5. The van der Waals surface area contributed by atoms with Crippen LogP contribution in [-0.2, 0) is 10.2 Å². The van der Waals surface area contributed by atoms with E-state index in [4.69, 9.17) is 4.74 Å². The molecule has 0 saturated heterocycles. The van der Waals surface area contributed by atoms with E-state index in [2.05, 4.69) is 11.1 Å². The monoisotopic (exact) mass is 289 g/mol. The Morgan fingerprint density at radius 1 is 1.14 bits per heavy atom. The van der Waals surface area contributed by atoms with E-state index in [1.807, 2.05) is 48.7 Å². The largest absolute Gasteiger partial charge is 0.497 e. The average Bonchev–Trinajstić information content (AvgIpc) is 3.09. The molecule has 2 aromatic carbocycles. The van der Waals surface area contributed by atoms with Gasteiger partial charge in [0.2, 0.25) is 0 Å². The van der Waals surface area contributed by atoms with Crippen molar-refractivity contribution in [3.8, 4) is 5.75 Å². The fourth-order valence-electron chi connectivity index (χ4n) is 3.41. The minimum Gasteiger partial charge on any atom is -0.497 e. The number of nitrogens with zero attached hydrogens (tertiary/aromatic N) is 1. The summed E-state index contributed by atoms with van der Waals surface area (Å²) in [5.74, 6) is 0.928. The average molecular weight is 289 g/mol. The maximum absolute atomic E-state index is 12.2. The van der Waals surface area contributed by atoms with Gasteiger partial charge >= 0.3 is 0 Å². The lowest BCUT2D eigenvalue weighted by Crippen LogP contribution is -2.25. The SMILES string of the molecule is COc1cccc(C2=CC(=O)CC23C=Nc2ccccc23)c1. The Hall–Kier alpha value is -2.68. The number of hydrogen-bond acceptors (Lipinski definition) is 3. The number of ether oxygens (including phenoxy) is 1. The van der Waals surface area contributed by atoms with Gasteiger partial charge in [-0.2, -0.15) is 0 Å². The number of carbonyl (C=O) groups excluding carboxylic acids is 1. The smallest absolute Gasteiger partial charge is 0.157 e. The summed E-state index contributed by atoms with van der Waals surface area (Å²) in [6.07, 6.45) is 4.12. The summed E-state index contributed by atoms with van der Waals surface area (Å²) in [7, 11) is 1.65. The lowest BCUT2D eigenvalue weighted by atomic mass is 9.74. The molecule has 0 fully saturated rings. The highest BCUT2D eigenvalue weighted by Crippen LogP contribution is 2.51. The Labute approximate surface area is 129 Å². The molecule has 1 heterocycles. The summed E-state index contributed by atoms with van der Waals surface area (Å²) < 4.78 is 5.32. The molecular formula is C19H15NO2. The van der Waals surface area contributed by atoms with Gasteiger partial charge in [0.1, 0.15) is 5.75 Å². The normalized spacial score (nSPS) is 22.0. The van der Waals surface area contributed by atoms with Crippen LogP contribution in [0.5, 0.6) is 5.75 Å². The third kappa shape index (κ3) is 1.75. The number of allylic oxidation sites excluding steroid dienone is 2. The topological polar surface area (TPSA) is 38.7 Å². The van der Waals surface area contributed by atoms with Gasteiger partial charge in [-0.3, -0.25) is 9.79 Å². The quantitative estimate of drug-likeness (QED) is 0.845. The van der Waals surface area contributed by atoms with Crippen molar-refractivity contribution in [1.82, 2.24) is 0 Å². The number of ketones is 1. The lowest BCUT2D eigenvalue weighted by Gasteiger charge is -2.25. The Morgan fingerprint density at radius 2 is 2.00 bits per heavy atom. The van der Waals surface area contributed by atoms with E-state index >= 15 is 0 Å². The van der Waals surface area contributed by atoms with Crippen LogP contribution in [0.3, 0.4) is 0 Å². The third-order valence-electron chi connectivity index (χ3n) is 4.43. The fourth-order valence-corrected chi connectivity index (χ4v) is 3.41. The summed E-state index contributed by atoms with van der Waals surface area (Å²) in [5, 5.41) is 0. The van der Waals surface area contributed by atoms with E-state index in [9.17, 15) is 4.79 Å². The van der Waals surface area contributed by atoms with Gasteiger partial charge in [-0.15, -0.1) is 0 Å². The van der Waals surface area contributed by atoms with Crippen molar-refractivity contribution in [2.24, 2.45) is 4.99 Å². The first-order chi connectivity index (χ1) is 10.7. The molecule has 1 atom stereocenters. The molecule has 2 aromatic rings. The standard InChI is InChI=1S/C19H15NO2/c1-22-15-6-4-5-13(9-15)17-10-14(21)11-19(17)12-20-18-8-3-2-7-16(18)19/h2-10,12H,11H2,1H3. The van der Waals surface area contributed by atoms with Gasteiger partial charge in [0.25, 0.3) is 0 Å². The summed E-state index contributed by atoms with van der Waals surface area (Å²) in [4.78, 5) is 16.7. The zero-order valence-electron chi connectivity index (χ0n) is 12.2. The van der Waals surface area contributed by atoms with Crippen LogP contribution in [0.4, 0.5) is 5.69 Å². The van der Waals surface area contributed by atoms with Crippen LogP contribution in [0.25, 0.3) is 5.57 Å². The summed E-state index contributed by atoms with van der Waals surface area (Å²) in [5.41, 5.74) is 3.64. The second-order valence-electron chi connectivity index (χ2n) is 5.68. The first-order valence-corrected chi connectivity index (χ1v) is 7.27. The molecule has 3 heteroatoms. The predicted molar refractivity (Wildman–Crippen MR) is 86.9 cm³/mol. The molecule has 0 N–H and O–H groups in total. The molecule has 0 amide bonds. The van der Waals surface area contributed by atoms with E-state index in [0.717, 1.165) is 28.1 Å². The molecule has 0 bridgehead atoms. The Bertz CT molecular complexity index is 835. The summed E-state index contributed by atoms with van der Waals surface area (Å²) >= 11 is 0. The van der Waals surface area contributed by atoms with Crippen LogP contribution in [0.15, 0.2) is 59.6 Å². The van der Waals surface area contributed by atoms with Gasteiger partial charge in [-0.25, -0.2) is 0 Å². The zero-order chi connectivity index (χ0) is 15.2. The van der Waals surface area contributed by atoms with Crippen LogP contribution in [-0.4, -0.2) is 19.1 Å². The molecule has 1 spiro atoms. The first kappa shape index (κ1) is 13.0. The second-order valence-corrected chi connectivity index (χ2v) is 5.68. The molecule has 0 radical (unpaired) electrons. The molecule has 1 aliphatic carbocycles. The Balaban J connectivity index is 1.90. The second kappa shape index (κ2) is 4.67. The van der Waals surface area contributed by atoms with E-state index in [0.29, 0.717) is 6.42 Å². The maximum atomic E-state index is 12.2. The van der Waals surface area contributed by atoms with Gasteiger partial charge in [-0.1, -0.05) is 30.3 Å². The van der Waals surface area contributed by atoms with Crippen molar-refractivity contribution >= 4 is 23.3 Å². The number of aliphatic imine (C=N–C) groups is 1. The number of hydrogen-bond donors (Lipinski definition) is 0. The zero-order valence-corrected chi connectivity index (χ0v) is 12.2. The molecule has 1 aliphatic heterocycles. The molecule has 0 aromatic heterocycles. The summed E-state index contributed by atoms with van der Waals surface area (Å²) in [6.45, 7) is 0. The van der Waals surface area contributed by atoms with E-state index in [1.165, 1.54) is 0 Å². The molecule has 3 nitrogen and oxygen atoms in total. The molecular weight excluding hydrogens is 274 g/mol. The van der Waals surface area contributed by atoms with Crippen molar-refractivity contribution in [3.05, 3.63) is 65.7 Å². The van der Waals surface area contributed by atoms with Crippen molar-refractivity contribution in [2.75, 3.05) is 7.11 Å². The minimum atomic E-state index is -0.431. The van der Waals surface area contributed by atoms with E-state index < -0.39 is 5.41 Å². The van der Waals surface area contributed by atoms with Crippen molar-refractivity contribution < 1.29 is 9.53 Å². The lowest BCUT2D eigenvalue weighted by molar-refractivity contribution is -0.114. The Kier molecular flexibility index (Phi) is 2.76. The van der Waals surface area contributed by atoms with Crippen molar-refractivity contribution in [3.63, 3.8) is 0 Å². The molecule has 4 rings (SSSR count). The van der Waals surface area contributed by atoms with Gasteiger partial charge < -0.3 is 4.74 Å². The highest BCUT2D eigenvalue weighted by Gasteiger charge is 2.45. The molecule has 22 heavy (non-hydrogen) atoms. The van der Waals surface area contributed by atoms with Crippen molar-refractivity contribution in [2.45, 2.75) is 11.8 Å². The molecule has 0 saturated carbocycles. The number of carbonyl (C=O) groups is 1. The van der Waals surface area contributed by atoms with Gasteiger partial charge in [-0.05, 0) is 41.0 Å². The van der Waals surface area contributed by atoms with Crippen LogP contribution in [0.2, 0.25) is 0 Å². The van der Waals surface area contributed by atoms with Gasteiger partial charge in [0, 0.05) is 12.6 Å². The van der Waals surface area contributed by atoms with Crippen LogP contribution >= 0.6 is 0 Å². The first-order valence-electron chi connectivity index (χ1n) is 7.27. The van der Waals surface area contributed by atoms with Crippen LogP contribution < -0.4 is 4.74 Å². The molecule has 1 unspecified atom stereocenters. The minimum absolute atomic E-state index is 0.140. The van der Waals surface area contributed by atoms with Crippen molar-refractivity contribution in [1.29, 1.82) is 0 Å². The van der Waals surface area contributed by atoms with E-state index in [-0.39, 0.29) is 5.78 Å². The van der Waals surface area contributed by atoms with Gasteiger partial charge in [0.05, 0.1) is 18.2 Å². The Morgan fingerprint density at radius 3 is 2.86 bits per heavy atom. The predicted octanol–water partition coefficient (Wildman–Crippen LogP) is 3.71. The third-order valence-corrected chi connectivity index (χ3v) is 4.43. The number of para-hydroxylation sites is 1. The van der Waals surface area contributed by atoms with E-state index in [1.54, 1.807) is 13.2 Å². The summed E-state index contributed by atoms with van der Waals surface area (Å²) in [6, 6.07) is 15.9. The molecule has 2 aliphatic rings.